The number of carbonyl (C=O) groups is 1. The van der Waals surface area contributed by atoms with Crippen LogP contribution in [-0.2, 0) is 6.18 Å². The highest BCUT2D eigenvalue weighted by Crippen LogP contribution is 2.40. The Hall–Kier alpha value is -1.98. The molecule has 90 valence electrons. The molecule has 1 N–H and O–H groups in total. The fraction of sp³-hybridized carbons (Fsp3) is 0.182. The van der Waals surface area contributed by atoms with E-state index in [1.54, 1.807) is 0 Å². The quantitative estimate of drug-likeness (QED) is 0.835. The fourth-order valence-corrected chi connectivity index (χ4v) is 1.79. The lowest BCUT2D eigenvalue weighted by Gasteiger charge is -2.06. The highest BCUT2D eigenvalue weighted by molar-refractivity contribution is 6.04. The van der Waals surface area contributed by atoms with Crippen molar-refractivity contribution in [3.63, 3.8) is 0 Å². The van der Waals surface area contributed by atoms with E-state index in [0.717, 1.165) is 13.0 Å². The van der Waals surface area contributed by atoms with Gasteiger partial charge in [-0.25, -0.2) is 4.79 Å². The zero-order chi connectivity index (χ0) is 12.8. The summed E-state index contributed by atoms with van der Waals surface area (Å²) in [7, 11) is 0. The summed E-state index contributed by atoms with van der Waals surface area (Å²) < 4.78 is 43.3. The Morgan fingerprint density at radius 1 is 1.35 bits per heavy atom. The van der Waals surface area contributed by atoms with Crippen LogP contribution in [0.15, 0.2) is 22.6 Å². The topological polar surface area (TPSA) is 50.4 Å². The molecule has 0 spiro atoms. The number of fused-ring (bicyclic) bond motifs is 1. The first kappa shape index (κ1) is 11.5. The van der Waals surface area contributed by atoms with Gasteiger partial charge in [0.05, 0.1) is 5.56 Å². The third kappa shape index (κ3) is 1.75. The van der Waals surface area contributed by atoms with Crippen LogP contribution >= 0.6 is 0 Å². The number of aryl methyl sites for hydroxylation is 1. The van der Waals surface area contributed by atoms with Gasteiger partial charge in [-0.1, -0.05) is 6.07 Å². The van der Waals surface area contributed by atoms with E-state index in [1.807, 2.05) is 0 Å². The second kappa shape index (κ2) is 3.51. The van der Waals surface area contributed by atoms with E-state index in [4.69, 9.17) is 9.52 Å². The van der Waals surface area contributed by atoms with Crippen LogP contribution in [0.1, 0.15) is 21.7 Å². The van der Waals surface area contributed by atoms with Gasteiger partial charge >= 0.3 is 12.1 Å². The van der Waals surface area contributed by atoms with Crippen molar-refractivity contribution in [2.75, 3.05) is 0 Å². The monoisotopic (exact) mass is 244 g/mol. The summed E-state index contributed by atoms with van der Waals surface area (Å²) in [5.41, 5.74) is -1.51. The van der Waals surface area contributed by atoms with Crippen LogP contribution in [0.4, 0.5) is 13.2 Å². The minimum atomic E-state index is -4.64. The molecule has 0 atom stereocenters. The number of hydrogen-bond acceptors (Lipinski definition) is 2. The minimum Gasteiger partial charge on any atom is -0.478 e. The Bertz CT molecular complexity index is 596. The van der Waals surface area contributed by atoms with Crippen LogP contribution in [0.3, 0.4) is 0 Å². The first-order chi connectivity index (χ1) is 7.82. The third-order valence-electron chi connectivity index (χ3n) is 2.41. The zero-order valence-electron chi connectivity index (χ0n) is 8.63. The molecule has 0 saturated heterocycles. The maximum absolute atomic E-state index is 12.8. The standard InChI is InChI=1S/C11H7F3O3/c1-5-9(11(12,13)14)8-6(10(15)16)3-2-4-7(8)17-5/h2-4H,1H3,(H,15,16). The number of furan rings is 1. The first-order valence-electron chi connectivity index (χ1n) is 4.65. The molecular weight excluding hydrogens is 237 g/mol. The first-order valence-corrected chi connectivity index (χ1v) is 4.65. The molecule has 0 radical (unpaired) electrons. The van der Waals surface area contributed by atoms with Crippen molar-refractivity contribution in [2.45, 2.75) is 13.1 Å². The number of carboxylic acids is 1. The van der Waals surface area contributed by atoms with E-state index in [2.05, 4.69) is 0 Å². The SMILES string of the molecule is Cc1oc2cccc(C(=O)O)c2c1C(F)(F)F. The van der Waals surface area contributed by atoms with Crippen LogP contribution in [0.25, 0.3) is 11.0 Å². The molecule has 0 aliphatic heterocycles. The second-order valence-corrected chi connectivity index (χ2v) is 3.51. The van der Waals surface area contributed by atoms with E-state index in [0.29, 0.717) is 0 Å². The highest BCUT2D eigenvalue weighted by Gasteiger charge is 2.38. The molecule has 6 heteroatoms. The Kier molecular flexibility index (Phi) is 2.38. The van der Waals surface area contributed by atoms with Crippen molar-refractivity contribution >= 4 is 16.9 Å². The lowest BCUT2D eigenvalue weighted by Crippen LogP contribution is -2.08. The van der Waals surface area contributed by atoms with Gasteiger partial charge < -0.3 is 9.52 Å². The van der Waals surface area contributed by atoms with Gasteiger partial charge in [-0.2, -0.15) is 13.2 Å². The minimum absolute atomic E-state index is 0.0743. The smallest absolute Gasteiger partial charge is 0.420 e. The van der Waals surface area contributed by atoms with Crippen LogP contribution in [-0.4, -0.2) is 11.1 Å². The van der Waals surface area contributed by atoms with Gasteiger partial charge in [0.15, 0.2) is 0 Å². The summed E-state index contributed by atoms with van der Waals surface area (Å²) in [5.74, 6) is -1.75. The average molecular weight is 244 g/mol. The molecule has 1 aromatic carbocycles. The van der Waals surface area contributed by atoms with Gasteiger partial charge in [0.2, 0.25) is 0 Å². The van der Waals surface area contributed by atoms with Crippen molar-refractivity contribution in [2.24, 2.45) is 0 Å². The summed E-state index contributed by atoms with van der Waals surface area (Å²) in [6, 6.07) is 3.77. The molecule has 2 rings (SSSR count). The molecule has 17 heavy (non-hydrogen) atoms. The Balaban J connectivity index is 2.92. The van der Waals surface area contributed by atoms with Crippen LogP contribution in [0.2, 0.25) is 0 Å². The molecule has 3 nitrogen and oxygen atoms in total. The van der Waals surface area contributed by atoms with Gasteiger partial charge in [-0.3, -0.25) is 0 Å². The molecule has 0 bridgehead atoms. The highest BCUT2D eigenvalue weighted by atomic mass is 19.4. The van der Waals surface area contributed by atoms with Crippen molar-refractivity contribution in [3.8, 4) is 0 Å². The molecule has 0 saturated carbocycles. The average Bonchev–Trinajstić information content (AvgIpc) is 2.51. The van der Waals surface area contributed by atoms with E-state index < -0.39 is 28.7 Å². The summed E-state index contributed by atoms with van der Waals surface area (Å²) >= 11 is 0. The molecule has 1 aromatic heterocycles. The third-order valence-corrected chi connectivity index (χ3v) is 2.41. The molecule has 1 heterocycles. The predicted molar refractivity (Wildman–Crippen MR) is 52.9 cm³/mol. The van der Waals surface area contributed by atoms with Crippen molar-refractivity contribution in [3.05, 3.63) is 35.1 Å². The lowest BCUT2D eigenvalue weighted by molar-refractivity contribution is -0.137. The van der Waals surface area contributed by atoms with Gasteiger partial charge in [-0.05, 0) is 19.1 Å². The summed E-state index contributed by atoms with van der Waals surface area (Å²) in [6.45, 7) is 1.16. The Morgan fingerprint density at radius 3 is 2.53 bits per heavy atom. The number of carboxylic acid groups (broad SMARTS) is 1. The normalized spacial score (nSPS) is 12.0. The van der Waals surface area contributed by atoms with E-state index >= 15 is 0 Å². The number of hydrogen-bond donors (Lipinski definition) is 1. The number of halogens is 3. The fourth-order valence-electron chi connectivity index (χ4n) is 1.79. The van der Waals surface area contributed by atoms with Crippen LogP contribution in [0.5, 0.6) is 0 Å². The number of benzene rings is 1. The number of rotatable bonds is 1. The van der Waals surface area contributed by atoms with E-state index in [-0.39, 0.29) is 11.3 Å². The van der Waals surface area contributed by atoms with Gasteiger partial charge in [0.25, 0.3) is 0 Å². The molecular formula is C11H7F3O3. The summed E-state index contributed by atoms with van der Waals surface area (Å²) in [5, 5.41) is 8.48. The van der Waals surface area contributed by atoms with Crippen LogP contribution < -0.4 is 0 Å². The number of aromatic carboxylic acids is 1. The lowest BCUT2D eigenvalue weighted by atomic mass is 10.0. The van der Waals surface area contributed by atoms with Gasteiger partial charge in [0.1, 0.15) is 16.9 Å². The van der Waals surface area contributed by atoms with Crippen LogP contribution in [0, 0.1) is 6.92 Å². The van der Waals surface area contributed by atoms with Crippen molar-refractivity contribution < 1.29 is 27.5 Å². The molecule has 0 unspecified atom stereocenters. The van der Waals surface area contributed by atoms with Gasteiger partial charge in [-0.15, -0.1) is 0 Å². The largest absolute Gasteiger partial charge is 0.478 e. The predicted octanol–water partition coefficient (Wildman–Crippen LogP) is 3.46. The summed E-state index contributed by atoms with van der Waals surface area (Å²) in [6.07, 6.45) is -4.64. The Morgan fingerprint density at radius 2 is 2.00 bits per heavy atom. The zero-order valence-corrected chi connectivity index (χ0v) is 8.63. The molecule has 0 amide bonds. The molecule has 0 aliphatic carbocycles. The summed E-state index contributed by atoms with van der Waals surface area (Å²) in [4.78, 5) is 10.9. The maximum Gasteiger partial charge on any atom is 0.420 e. The Labute approximate surface area is 93.5 Å². The van der Waals surface area contributed by atoms with E-state index in [9.17, 15) is 18.0 Å². The second-order valence-electron chi connectivity index (χ2n) is 3.51. The van der Waals surface area contributed by atoms with E-state index in [1.165, 1.54) is 12.1 Å². The number of alkyl halides is 3. The molecule has 2 aromatic rings. The van der Waals surface area contributed by atoms with Crippen molar-refractivity contribution in [1.82, 2.24) is 0 Å². The maximum atomic E-state index is 12.8. The van der Waals surface area contributed by atoms with Crippen molar-refractivity contribution in [1.29, 1.82) is 0 Å². The van der Waals surface area contributed by atoms with Gasteiger partial charge in [0, 0.05) is 5.39 Å². The molecule has 0 fully saturated rings. The molecule has 0 aliphatic rings.